The summed E-state index contributed by atoms with van der Waals surface area (Å²) in [5.74, 6) is 1.88. The summed E-state index contributed by atoms with van der Waals surface area (Å²) in [7, 11) is 1.73. The second-order valence-electron chi connectivity index (χ2n) is 11.3. The summed E-state index contributed by atoms with van der Waals surface area (Å²) in [6, 6.07) is 23.6. The Labute approximate surface area is 228 Å². The van der Waals surface area contributed by atoms with E-state index in [1.807, 2.05) is 0 Å². The van der Waals surface area contributed by atoms with E-state index in [9.17, 15) is 0 Å². The molecule has 0 unspecified atom stereocenters. The van der Waals surface area contributed by atoms with Gasteiger partial charge in [-0.1, -0.05) is 69.2 Å². The van der Waals surface area contributed by atoms with Crippen molar-refractivity contribution in [2.45, 2.75) is 52.5 Å². The van der Waals surface area contributed by atoms with E-state index >= 15 is 0 Å². The van der Waals surface area contributed by atoms with Crippen molar-refractivity contribution in [3.8, 4) is 11.5 Å². The monoisotopic (exact) mass is 510 g/mol. The molecule has 0 radical (unpaired) electrons. The zero-order chi connectivity index (χ0) is 26.4. The highest BCUT2D eigenvalue weighted by molar-refractivity contribution is 5.91. The Balaban J connectivity index is 1.23. The van der Waals surface area contributed by atoms with Crippen LogP contribution in [0.25, 0.3) is 11.6 Å². The minimum absolute atomic E-state index is 0.0173. The Hall–Kier alpha value is -3.24. The number of rotatable bonds is 9. The number of likely N-dealkylation sites (tertiary alicyclic amines) is 1. The van der Waals surface area contributed by atoms with Crippen LogP contribution in [0.5, 0.6) is 11.5 Å². The van der Waals surface area contributed by atoms with Gasteiger partial charge in [-0.3, -0.25) is 4.90 Å². The van der Waals surface area contributed by atoms with Crippen molar-refractivity contribution >= 4 is 17.3 Å². The quantitative estimate of drug-likeness (QED) is 0.320. The van der Waals surface area contributed by atoms with E-state index in [2.05, 4.69) is 96.9 Å². The van der Waals surface area contributed by atoms with Crippen LogP contribution in [0.3, 0.4) is 0 Å². The first-order valence-corrected chi connectivity index (χ1v) is 14.2. The minimum atomic E-state index is 0.0173. The summed E-state index contributed by atoms with van der Waals surface area (Å²) in [6.45, 7) is 9.64. The topological polar surface area (TPSA) is 33.7 Å². The fourth-order valence-corrected chi connectivity index (χ4v) is 5.79. The van der Waals surface area contributed by atoms with Crippen molar-refractivity contribution in [1.82, 2.24) is 4.90 Å². The van der Waals surface area contributed by atoms with Gasteiger partial charge < -0.3 is 14.8 Å². The molecule has 2 aliphatic rings. The molecule has 1 aliphatic heterocycles. The molecule has 1 fully saturated rings. The molecular weight excluding hydrogens is 468 g/mol. The van der Waals surface area contributed by atoms with Crippen LogP contribution in [0.15, 0.2) is 66.7 Å². The van der Waals surface area contributed by atoms with Gasteiger partial charge in [0.05, 0.1) is 7.11 Å². The molecule has 1 aliphatic carbocycles. The maximum Gasteiger partial charge on any atom is 0.119 e. The normalized spacial score (nSPS) is 17.2. The lowest BCUT2D eigenvalue weighted by molar-refractivity contribution is 0.214. The average molecular weight is 511 g/mol. The zero-order valence-electron chi connectivity index (χ0n) is 23.3. The predicted molar refractivity (Wildman–Crippen MR) is 159 cm³/mol. The summed E-state index contributed by atoms with van der Waals surface area (Å²) in [6.07, 6.45) is 8.73. The van der Waals surface area contributed by atoms with Crippen LogP contribution in [0.4, 0.5) is 5.69 Å². The first-order chi connectivity index (χ1) is 18.5. The third-order valence-corrected chi connectivity index (χ3v) is 8.01. The van der Waals surface area contributed by atoms with E-state index in [4.69, 9.17) is 9.47 Å². The molecule has 38 heavy (non-hydrogen) atoms. The van der Waals surface area contributed by atoms with Gasteiger partial charge in [-0.25, -0.2) is 0 Å². The summed E-state index contributed by atoms with van der Waals surface area (Å²) < 4.78 is 11.5. The van der Waals surface area contributed by atoms with Crippen molar-refractivity contribution in [1.29, 1.82) is 0 Å². The Morgan fingerprint density at radius 3 is 2.37 bits per heavy atom. The first kappa shape index (κ1) is 26.4. The van der Waals surface area contributed by atoms with Gasteiger partial charge in [-0.15, -0.1) is 0 Å². The summed E-state index contributed by atoms with van der Waals surface area (Å²) in [5, 5.41) is 3.71. The SMILES string of the molecule is COc1ccc2c(c1)CC(C)(C)C(c1ccccc1NCc1ccc(OCCN3CCCCCC3)cc1)=C2. The summed E-state index contributed by atoms with van der Waals surface area (Å²) >= 11 is 0. The molecule has 0 saturated carbocycles. The number of hydrogen-bond donors (Lipinski definition) is 1. The van der Waals surface area contributed by atoms with Crippen LogP contribution in [0.1, 0.15) is 61.8 Å². The number of allylic oxidation sites excluding steroid dienone is 1. The fraction of sp³-hybridized carbons (Fsp3) is 0.412. The zero-order valence-corrected chi connectivity index (χ0v) is 23.3. The number of nitrogens with zero attached hydrogens (tertiary/aromatic N) is 1. The van der Waals surface area contributed by atoms with Gasteiger partial charge in [-0.05, 0) is 90.4 Å². The van der Waals surface area contributed by atoms with Crippen LogP contribution in [0, 0.1) is 5.41 Å². The Bertz CT molecular complexity index is 1240. The van der Waals surface area contributed by atoms with Crippen LogP contribution in [0.2, 0.25) is 0 Å². The van der Waals surface area contributed by atoms with E-state index in [0.717, 1.165) is 37.6 Å². The smallest absolute Gasteiger partial charge is 0.119 e. The van der Waals surface area contributed by atoms with E-state index < -0.39 is 0 Å². The molecule has 1 heterocycles. The molecular formula is C34H42N2O2. The van der Waals surface area contributed by atoms with Crippen molar-refractivity contribution in [2.24, 2.45) is 5.41 Å². The number of fused-ring (bicyclic) bond motifs is 1. The van der Waals surface area contributed by atoms with E-state index in [0.29, 0.717) is 0 Å². The van der Waals surface area contributed by atoms with Crippen LogP contribution in [-0.2, 0) is 13.0 Å². The summed E-state index contributed by atoms with van der Waals surface area (Å²) in [5.41, 5.74) is 7.69. The van der Waals surface area contributed by atoms with Crippen LogP contribution in [-0.4, -0.2) is 38.3 Å². The molecule has 0 atom stereocenters. The van der Waals surface area contributed by atoms with Crippen LogP contribution >= 0.6 is 0 Å². The standard InChI is InChI=1S/C34H42N2O2/c1-34(2)24-28-22-30(37-3)17-14-27(28)23-32(34)31-10-6-7-11-33(31)35-25-26-12-15-29(16-13-26)38-21-20-36-18-8-4-5-9-19-36/h6-7,10-17,22-23,35H,4-5,8-9,18-21,24-25H2,1-3H3. The van der Waals surface area contributed by atoms with Gasteiger partial charge >= 0.3 is 0 Å². The van der Waals surface area contributed by atoms with Gasteiger partial charge in [-0.2, -0.15) is 0 Å². The third-order valence-electron chi connectivity index (χ3n) is 8.01. The number of methoxy groups -OCH3 is 1. The Morgan fingerprint density at radius 2 is 1.61 bits per heavy atom. The Kier molecular flexibility index (Phi) is 8.38. The number of ether oxygens (including phenoxy) is 2. The highest BCUT2D eigenvalue weighted by Crippen LogP contribution is 2.46. The molecule has 1 saturated heterocycles. The largest absolute Gasteiger partial charge is 0.497 e. The average Bonchev–Trinajstić information content (AvgIpc) is 3.20. The molecule has 200 valence electrons. The van der Waals surface area contributed by atoms with Crippen LogP contribution < -0.4 is 14.8 Å². The van der Waals surface area contributed by atoms with Gasteiger partial charge in [0.2, 0.25) is 0 Å². The molecule has 0 bridgehead atoms. The fourth-order valence-electron chi connectivity index (χ4n) is 5.79. The number of nitrogens with one attached hydrogen (secondary N) is 1. The van der Waals surface area contributed by atoms with Crippen molar-refractivity contribution in [2.75, 3.05) is 38.7 Å². The molecule has 3 aromatic carbocycles. The molecule has 0 aromatic heterocycles. The lowest BCUT2D eigenvalue weighted by Gasteiger charge is -2.34. The molecule has 3 aromatic rings. The third kappa shape index (κ3) is 6.42. The van der Waals surface area contributed by atoms with E-state index in [1.165, 1.54) is 72.3 Å². The molecule has 0 amide bonds. The predicted octanol–water partition coefficient (Wildman–Crippen LogP) is 7.69. The lowest BCUT2D eigenvalue weighted by Crippen LogP contribution is -2.29. The van der Waals surface area contributed by atoms with Gasteiger partial charge in [0.15, 0.2) is 0 Å². The molecule has 5 rings (SSSR count). The van der Waals surface area contributed by atoms with E-state index in [1.54, 1.807) is 7.11 Å². The maximum absolute atomic E-state index is 6.05. The maximum atomic E-state index is 6.05. The number of benzene rings is 3. The molecule has 0 spiro atoms. The van der Waals surface area contributed by atoms with Gasteiger partial charge in [0.1, 0.15) is 18.1 Å². The number of anilines is 1. The number of para-hydroxylation sites is 1. The second kappa shape index (κ2) is 12.1. The first-order valence-electron chi connectivity index (χ1n) is 14.2. The minimum Gasteiger partial charge on any atom is -0.497 e. The Morgan fingerprint density at radius 1 is 0.868 bits per heavy atom. The molecule has 4 heteroatoms. The number of hydrogen-bond acceptors (Lipinski definition) is 4. The molecule has 1 N–H and O–H groups in total. The molecule has 4 nitrogen and oxygen atoms in total. The summed E-state index contributed by atoms with van der Waals surface area (Å²) in [4.78, 5) is 2.54. The van der Waals surface area contributed by atoms with Crippen molar-refractivity contribution < 1.29 is 9.47 Å². The van der Waals surface area contributed by atoms with E-state index in [-0.39, 0.29) is 5.41 Å². The van der Waals surface area contributed by atoms with Gasteiger partial charge in [0.25, 0.3) is 0 Å². The highest BCUT2D eigenvalue weighted by atomic mass is 16.5. The van der Waals surface area contributed by atoms with Crippen molar-refractivity contribution in [3.05, 3.63) is 89.0 Å². The van der Waals surface area contributed by atoms with Gasteiger partial charge in [0, 0.05) is 24.3 Å². The lowest BCUT2D eigenvalue weighted by atomic mass is 9.70. The highest BCUT2D eigenvalue weighted by Gasteiger charge is 2.31. The second-order valence-corrected chi connectivity index (χ2v) is 11.3. The van der Waals surface area contributed by atoms with Crippen molar-refractivity contribution in [3.63, 3.8) is 0 Å².